The molecule has 0 fully saturated rings. The van der Waals surface area contributed by atoms with Crippen LogP contribution in [-0.4, -0.2) is 5.25 Å². The van der Waals surface area contributed by atoms with E-state index >= 15 is 0 Å². The van der Waals surface area contributed by atoms with Gasteiger partial charge in [-0.2, -0.15) is 0 Å². The highest BCUT2D eigenvalue weighted by Gasteiger charge is 2.32. The summed E-state index contributed by atoms with van der Waals surface area (Å²) in [6.45, 7) is 0. The van der Waals surface area contributed by atoms with Gasteiger partial charge in [-0.25, -0.2) is 0 Å². The molecule has 9 rings (SSSR count). The van der Waals surface area contributed by atoms with Crippen LogP contribution in [0.1, 0.15) is 17.0 Å². The van der Waals surface area contributed by atoms with E-state index in [2.05, 4.69) is 158 Å². The number of allylic oxidation sites excluding steroid dienone is 3. The summed E-state index contributed by atoms with van der Waals surface area (Å²) in [5.41, 5.74) is 9.23. The SMILES string of the molecule is C1=CC2c3ccccc3SC2C=C1c1c2ccccc2c(-c2ccc(-c3ccccc3)c3ccccc23)c2ccccc12. The molecule has 0 nitrogen and oxygen atoms in total. The van der Waals surface area contributed by atoms with E-state index < -0.39 is 0 Å². The van der Waals surface area contributed by atoms with Gasteiger partial charge in [-0.1, -0.05) is 152 Å². The third-order valence-electron chi connectivity index (χ3n) is 9.22. The van der Waals surface area contributed by atoms with E-state index in [0.717, 1.165) is 0 Å². The first kappa shape index (κ1) is 24.7. The molecule has 1 aliphatic heterocycles. The number of hydrogen-bond acceptors (Lipinski definition) is 1. The summed E-state index contributed by atoms with van der Waals surface area (Å²) in [5.74, 6) is 0.441. The maximum atomic E-state index is 2.52. The van der Waals surface area contributed by atoms with Crippen molar-refractivity contribution in [1.82, 2.24) is 0 Å². The van der Waals surface area contributed by atoms with E-state index in [1.165, 1.54) is 76.2 Å². The normalized spacial score (nSPS) is 17.3. The zero-order valence-corrected chi connectivity index (χ0v) is 24.4. The first-order valence-corrected chi connectivity index (χ1v) is 15.9. The fraction of sp³-hybridized carbons (Fsp3) is 0.0476. The molecule has 0 saturated heterocycles. The van der Waals surface area contributed by atoms with Crippen LogP contribution in [-0.2, 0) is 0 Å². The molecule has 0 aromatic heterocycles. The summed E-state index contributed by atoms with van der Waals surface area (Å²) < 4.78 is 0. The average molecular weight is 565 g/mol. The highest BCUT2D eigenvalue weighted by atomic mass is 32.2. The van der Waals surface area contributed by atoms with Crippen LogP contribution in [0, 0.1) is 0 Å². The molecule has 43 heavy (non-hydrogen) atoms. The molecule has 2 atom stereocenters. The number of hydrogen-bond donors (Lipinski definition) is 0. The Balaban J connectivity index is 1.30. The summed E-state index contributed by atoms with van der Waals surface area (Å²) in [4.78, 5) is 1.41. The number of benzene rings is 7. The summed E-state index contributed by atoms with van der Waals surface area (Å²) >= 11 is 2.00. The van der Waals surface area contributed by atoms with Crippen molar-refractivity contribution in [2.45, 2.75) is 16.1 Å². The van der Waals surface area contributed by atoms with Gasteiger partial charge < -0.3 is 0 Å². The lowest BCUT2D eigenvalue weighted by atomic mass is 9.81. The van der Waals surface area contributed by atoms with Crippen LogP contribution in [0.2, 0.25) is 0 Å². The second-order valence-electron chi connectivity index (χ2n) is 11.5. The molecular formula is C42H28S. The first-order chi connectivity index (χ1) is 21.3. The molecule has 7 aromatic rings. The summed E-state index contributed by atoms with van der Waals surface area (Å²) in [6, 6.07) is 51.2. The molecule has 0 spiro atoms. The Morgan fingerprint density at radius 3 is 1.67 bits per heavy atom. The van der Waals surface area contributed by atoms with Crippen molar-refractivity contribution in [2.75, 3.05) is 0 Å². The predicted octanol–water partition coefficient (Wildman–Crippen LogP) is 11.7. The molecule has 7 aromatic carbocycles. The largest absolute Gasteiger partial charge is 0.117 e. The summed E-state index contributed by atoms with van der Waals surface area (Å²) in [7, 11) is 0. The van der Waals surface area contributed by atoms with Gasteiger partial charge in [0.15, 0.2) is 0 Å². The van der Waals surface area contributed by atoms with Crippen LogP contribution < -0.4 is 0 Å². The maximum absolute atomic E-state index is 2.52. The fourth-order valence-corrected chi connectivity index (χ4v) is 8.72. The molecule has 0 radical (unpaired) electrons. The quantitative estimate of drug-likeness (QED) is 0.192. The third kappa shape index (κ3) is 3.85. The van der Waals surface area contributed by atoms with Gasteiger partial charge in [-0.3, -0.25) is 0 Å². The van der Waals surface area contributed by atoms with Crippen molar-refractivity contribution in [3.8, 4) is 22.3 Å². The Hall–Kier alpha value is -4.85. The lowest BCUT2D eigenvalue weighted by molar-refractivity contribution is 0.884. The van der Waals surface area contributed by atoms with Crippen molar-refractivity contribution in [3.05, 3.63) is 169 Å². The average Bonchev–Trinajstić information content (AvgIpc) is 3.45. The summed E-state index contributed by atoms with van der Waals surface area (Å²) in [6.07, 6.45) is 7.33. The summed E-state index contributed by atoms with van der Waals surface area (Å²) in [5, 5.41) is 8.20. The van der Waals surface area contributed by atoms with Gasteiger partial charge >= 0.3 is 0 Å². The first-order valence-electron chi connectivity index (χ1n) is 15.0. The van der Waals surface area contributed by atoms with E-state index in [1.54, 1.807) is 0 Å². The van der Waals surface area contributed by atoms with E-state index in [9.17, 15) is 0 Å². The zero-order valence-electron chi connectivity index (χ0n) is 23.6. The van der Waals surface area contributed by atoms with E-state index in [-0.39, 0.29) is 0 Å². The standard InChI is InChI=1S/C42H28S/c1-2-12-27(13-3-1)29-24-25-38(31-15-5-4-14-30(29)31)42-36-19-8-6-17-34(36)41(35-18-7-9-20-37(35)42)28-22-23-33-32-16-10-11-21-39(32)43-40(33)26-28/h1-26,33,40H. The lowest BCUT2D eigenvalue weighted by Gasteiger charge is -2.23. The van der Waals surface area contributed by atoms with Crippen molar-refractivity contribution in [3.63, 3.8) is 0 Å². The van der Waals surface area contributed by atoms with Gasteiger partial charge in [0.1, 0.15) is 0 Å². The molecule has 2 unspecified atom stereocenters. The molecule has 0 amide bonds. The molecule has 0 N–H and O–H groups in total. The van der Waals surface area contributed by atoms with Gasteiger partial charge in [0, 0.05) is 16.1 Å². The van der Waals surface area contributed by atoms with Crippen LogP contribution in [0.3, 0.4) is 0 Å². The van der Waals surface area contributed by atoms with Gasteiger partial charge in [-0.15, -0.1) is 11.8 Å². The minimum Gasteiger partial charge on any atom is -0.117 e. The van der Waals surface area contributed by atoms with Gasteiger partial charge in [-0.05, 0) is 77.3 Å². The Morgan fingerprint density at radius 1 is 0.442 bits per heavy atom. The molecule has 2 aliphatic rings. The van der Waals surface area contributed by atoms with Crippen LogP contribution >= 0.6 is 11.8 Å². The lowest BCUT2D eigenvalue weighted by Crippen LogP contribution is -2.09. The molecule has 0 saturated carbocycles. The van der Waals surface area contributed by atoms with Crippen molar-refractivity contribution in [1.29, 1.82) is 0 Å². The van der Waals surface area contributed by atoms with E-state index in [0.29, 0.717) is 11.2 Å². The molecular weight excluding hydrogens is 537 g/mol. The van der Waals surface area contributed by atoms with Gasteiger partial charge in [0.2, 0.25) is 0 Å². The van der Waals surface area contributed by atoms with Crippen LogP contribution in [0.5, 0.6) is 0 Å². The number of fused-ring (bicyclic) bond motifs is 6. The Morgan fingerprint density at radius 2 is 0.977 bits per heavy atom. The third-order valence-corrected chi connectivity index (χ3v) is 10.5. The van der Waals surface area contributed by atoms with Crippen LogP contribution in [0.15, 0.2) is 163 Å². The number of rotatable bonds is 3. The zero-order chi connectivity index (χ0) is 28.3. The molecule has 1 aliphatic carbocycles. The maximum Gasteiger partial charge on any atom is 0.0387 e. The monoisotopic (exact) mass is 564 g/mol. The highest BCUT2D eigenvalue weighted by molar-refractivity contribution is 8.00. The Kier molecular flexibility index (Phi) is 5.67. The minimum absolute atomic E-state index is 0.420. The highest BCUT2D eigenvalue weighted by Crippen LogP contribution is 2.51. The Bertz CT molecular complexity index is 2210. The second kappa shape index (κ2) is 9.87. The molecule has 202 valence electrons. The van der Waals surface area contributed by atoms with Gasteiger partial charge in [0.05, 0.1) is 0 Å². The molecule has 1 heteroatoms. The number of thioether (sulfide) groups is 1. The van der Waals surface area contributed by atoms with Gasteiger partial charge in [0.25, 0.3) is 0 Å². The molecule has 1 heterocycles. The van der Waals surface area contributed by atoms with Crippen molar-refractivity contribution >= 4 is 49.7 Å². The van der Waals surface area contributed by atoms with E-state index in [1.807, 2.05) is 11.8 Å². The topological polar surface area (TPSA) is 0 Å². The van der Waals surface area contributed by atoms with Crippen molar-refractivity contribution in [2.24, 2.45) is 0 Å². The fourth-order valence-electron chi connectivity index (χ4n) is 7.33. The van der Waals surface area contributed by atoms with Crippen LogP contribution in [0.25, 0.3) is 60.1 Å². The smallest absolute Gasteiger partial charge is 0.0387 e. The molecule has 0 bridgehead atoms. The van der Waals surface area contributed by atoms with E-state index in [4.69, 9.17) is 0 Å². The van der Waals surface area contributed by atoms with Crippen LogP contribution in [0.4, 0.5) is 0 Å². The second-order valence-corrected chi connectivity index (χ2v) is 12.8. The van der Waals surface area contributed by atoms with Crippen molar-refractivity contribution < 1.29 is 0 Å². The Labute approximate surface area is 256 Å². The minimum atomic E-state index is 0.420. The predicted molar refractivity (Wildman–Crippen MR) is 186 cm³/mol.